The fourth-order valence-corrected chi connectivity index (χ4v) is 6.78. The third kappa shape index (κ3) is 4.90. The maximum absolute atomic E-state index is 15.2. The molecule has 1 N–H and O–H groups in total. The second kappa shape index (κ2) is 11.3. The van der Waals surface area contributed by atoms with Crippen molar-refractivity contribution < 1.29 is 28.2 Å². The number of Topliss-reactive ketones (excluding diaryl/α,β-unsaturated/α-hetero) is 1. The number of ether oxygens (including phenoxy) is 1. The van der Waals surface area contributed by atoms with Gasteiger partial charge in [0.15, 0.2) is 15.9 Å². The standard InChI is InChI=1S/C31H21F2N3O4S2/c1-40-24-14-13-18(15-23(24)33)27(37)25-26(21-11-4-5-12-22(21)32)36(29(39)28(25)38)30-34-35-31(42-30)41-16-19-9-6-8-17-7-2-3-10-20(17)19/h2-15,26,37H,16H2,1H3/t26-/m1/s1. The SMILES string of the molecule is COc1ccc(C(O)=C2C(=O)C(=O)N(c3nnc(SCc4cccc5ccccc45)s3)[C@@H]2c2ccccc2F)cc1F. The molecule has 6 rings (SSSR count). The molecule has 11 heteroatoms. The molecule has 1 fully saturated rings. The number of thioether (sulfide) groups is 1. The number of carbonyl (C=O) groups is 2. The van der Waals surface area contributed by atoms with Crippen LogP contribution in [0, 0.1) is 11.6 Å². The van der Waals surface area contributed by atoms with E-state index in [1.807, 2.05) is 42.5 Å². The fraction of sp³-hybridized carbons (Fsp3) is 0.0968. The van der Waals surface area contributed by atoms with Gasteiger partial charge in [-0.1, -0.05) is 83.8 Å². The largest absolute Gasteiger partial charge is 0.507 e. The first-order valence-electron chi connectivity index (χ1n) is 12.7. The van der Waals surface area contributed by atoms with Gasteiger partial charge in [-0.2, -0.15) is 0 Å². The average Bonchev–Trinajstić information content (AvgIpc) is 3.57. The Labute approximate surface area is 247 Å². The number of carbonyl (C=O) groups excluding carboxylic acids is 2. The molecule has 2 heterocycles. The lowest BCUT2D eigenvalue weighted by molar-refractivity contribution is -0.132. The molecule has 1 aliphatic rings. The van der Waals surface area contributed by atoms with Crippen LogP contribution in [0.1, 0.15) is 22.7 Å². The topological polar surface area (TPSA) is 92.6 Å². The van der Waals surface area contributed by atoms with Crippen LogP contribution in [0.15, 0.2) is 94.8 Å². The lowest BCUT2D eigenvalue weighted by Gasteiger charge is -2.22. The number of hydrogen-bond acceptors (Lipinski definition) is 8. The number of aliphatic hydroxyl groups is 1. The van der Waals surface area contributed by atoms with Crippen molar-refractivity contribution in [2.24, 2.45) is 0 Å². The summed E-state index contributed by atoms with van der Waals surface area (Å²) in [5.41, 5.74) is 0.590. The van der Waals surface area contributed by atoms with Gasteiger partial charge in [0.25, 0.3) is 5.78 Å². The average molecular weight is 602 g/mol. The number of amides is 1. The van der Waals surface area contributed by atoms with E-state index in [1.165, 1.54) is 49.2 Å². The third-order valence-electron chi connectivity index (χ3n) is 6.90. The lowest BCUT2D eigenvalue weighted by atomic mass is 9.95. The van der Waals surface area contributed by atoms with E-state index < -0.39 is 40.7 Å². The molecule has 1 saturated heterocycles. The first-order valence-corrected chi connectivity index (χ1v) is 14.5. The number of hydrogen-bond donors (Lipinski definition) is 1. The molecule has 7 nitrogen and oxygen atoms in total. The fourth-order valence-electron chi connectivity index (χ4n) is 4.91. The number of methoxy groups -OCH3 is 1. The molecule has 1 amide bonds. The summed E-state index contributed by atoms with van der Waals surface area (Å²) in [5.74, 6) is -3.70. The number of halogens is 2. The van der Waals surface area contributed by atoms with E-state index in [0.29, 0.717) is 10.1 Å². The molecule has 0 spiro atoms. The molecule has 1 aromatic heterocycles. The van der Waals surface area contributed by atoms with Gasteiger partial charge in [-0.15, -0.1) is 10.2 Å². The normalized spacial score (nSPS) is 16.4. The van der Waals surface area contributed by atoms with E-state index in [-0.39, 0.29) is 22.0 Å². The van der Waals surface area contributed by atoms with Crippen LogP contribution < -0.4 is 9.64 Å². The molecule has 0 bridgehead atoms. The highest BCUT2D eigenvalue weighted by molar-refractivity contribution is 8.00. The zero-order valence-electron chi connectivity index (χ0n) is 22.0. The molecule has 1 atom stereocenters. The van der Waals surface area contributed by atoms with Gasteiger partial charge in [0.1, 0.15) is 17.6 Å². The van der Waals surface area contributed by atoms with E-state index in [2.05, 4.69) is 10.2 Å². The summed E-state index contributed by atoms with van der Waals surface area (Å²) in [4.78, 5) is 27.8. The molecular weight excluding hydrogens is 580 g/mol. The van der Waals surface area contributed by atoms with E-state index in [4.69, 9.17) is 4.74 Å². The first-order chi connectivity index (χ1) is 20.4. The minimum atomic E-state index is -1.36. The summed E-state index contributed by atoms with van der Waals surface area (Å²) < 4.78 is 35.1. The van der Waals surface area contributed by atoms with Crippen molar-refractivity contribution >= 4 is 56.5 Å². The Morgan fingerprint density at radius 1 is 0.976 bits per heavy atom. The maximum Gasteiger partial charge on any atom is 0.301 e. The summed E-state index contributed by atoms with van der Waals surface area (Å²) >= 11 is 2.48. The Morgan fingerprint density at radius 3 is 2.52 bits per heavy atom. The van der Waals surface area contributed by atoms with Crippen molar-refractivity contribution in [1.29, 1.82) is 0 Å². The van der Waals surface area contributed by atoms with Crippen molar-refractivity contribution in [3.8, 4) is 5.75 Å². The smallest absolute Gasteiger partial charge is 0.301 e. The van der Waals surface area contributed by atoms with Crippen LogP contribution in [0.4, 0.5) is 13.9 Å². The number of fused-ring (bicyclic) bond motifs is 1. The minimum absolute atomic E-state index is 0.0348. The molecule has 4 aromatic carbocycles. The van der Waals surface area contributed by atoms with Gasteiger partial charge in [-0.3, -0.25) is 14.5 Å². The molecule has 0 unspecified atom stereocenters. The molecule has 0 radical (unpaired) electrons. The first kappa shape index (κ1) is 27.6. The number of ketones is 1. The summed E-state index contributed by atoms with van der Waals surface area (Å²) in [7, 11) is 1.29. The van der Waals surface area contributed by atoms with Crippen molar-refractivity contribution in [2.45, 2.75) is 16.1 Å². The predicted molar refractivity (Wildman–Crippen MR) is 158 cm³/mol. The maximum atomic E-state index is 15.2. The summed E-state index contributed by atoms with van der Waals surface area (Å²) in [6.45, 7) is 0. The highest BCUT2D eigenvalue weighted by atomic mass is 32.2. The molecule has 0 aliphatic carbocycles. The second-order valence-electron chi connectivity index (χ2n) is 9.32. The summed E-state index contributed by atoms with van der Waals surface area (Å²) in [6, 6.07) is 21.9. The monoisotopic (exact) mass is 601 g/mol. The van der Waals surface area contributed by atoms with Crippen LogP contribution in [-0.2, 0) is 15.3 Å². The van der Waals surface area contributed by atoms with Crippen molar-refractivity contribution in [3.05, 3.63) is 119 Å². The summed E-state index contributed by atoms with van der Waals surface area (Å²) in [5, 5.41) is 21.9. The Hall–Kier alpha value is -4.61. The molecule has 1 aliphatic heterocycles. The molecular formula is C31H21F2N3O4S2. The van der Waals surface area contributed by atoms with E-state index in [1.54, 1.807) is 6.07 Å². The van der Waals surface area contributed by atoms with Gasteiger partial charge in [0.05, 0.1) is 12.7 Å². The van der Waals surface area contributed by atoms with Gasteiger partial charge in [-0.05, 0) is 40.6 Å². The zero-order chi connectivity index (χ0) is 29.4. The number of benzene rings is 4. The van der Waals surface area contributed by atoms with E-state index in [0.717, 1.165) is 38.6 Å². The molecule has 210 valence electrons. The lowest BCUT2D eigenvalue weighted by Crippen LogP contribution is -2.29. The van der Waals surface area contributed by atoms with Crippen LogP contribution in [0.5, 0.6) is 5.75 Å². The van der Waals surface area contributed by atoms with Gasteiger partial charge < -0.3 is 9.84 Å². The van der Waals surface area contributed by atoms with Crippen LogP contribution in [-0.4, -0.2) is 34.1 Å². The predicted octanol–water partition coefficient (Wildman–Crippen LogP) is 6.90. The quantitative estimate of drug-likeness (QED) is 0.0714. The minimum Gasteiger partial charge on any atom is -0.507 e. The Balaban J connectivity index is 1.38. The molecule has 42 heavy (non-hydrogen) atoms. The number of aromatic nitrogens is 2. The van der Waals surface area contributed by atoms with Crippen molar-refractivity contribution in [1.82, 2.24) is 10.2 Å². The Kier molecular flexibility index (Phi) is 7.44. The van der Waals surface area contributed by atoms with Gasteiger partial charge in [-0.25, -0.2) is 8.78 Å². The highest BCUT2D eigenvalue weighted by Crippen LogP contribution is 2.45. The molecule has 0 saturated carbocycles. The van der Waals surface area contributed by atoms with Crippen LogP contribution in [0.2, 0.25) is 0 Å². The van der Waals surface area contributed by atoms with Crippen molar-refractivity contribution in [2.75, 3.05) is 12.0 Å². The van der Waals surface area contributed by atoms with Gasteiger partial charge in [0, 0.05) is 16.9 Å². The number of nitrogens with zero attached hydrogens (tertiary/aromatic N) is 3. The Bertz CT molecular complexity index is 1890. The number of aliphatic hydroxyl groups excluding tert-OH is 1. The van der Waals surface area contributed by atoms with Crippen LogP contribution in [0.25, 0.3) is 16.5 Å². The van der Waals surface area contributed by atoms with E-state index in [9.17, 15) is 19.1 Å². The number of anilines is 1. The summed E-state index contributed by atoms with van der Waals surface area (Å²) in [6.07, 6.45) is 0. The van der Waals surface area contributed by atoms with Crippen molar-refractivity contribution in [3.63, 3.8) is 0 Å². The molecule has 5 aromatic rings. The van der Waals surface area contributed by atoms with E-state index >= 15 is 4.39 Å². The van der Waals surface area contributed by atoms with Crippen LogP contribution in [0.3, 0.4) is 0 Å². The second-order valence-corrected chi connectivity index (χ2v) is 11.5. The number of rotatable bonds is 7. The zero-order valence-corrected chi connectivity index (χ0v) is 23.6. The van der Waals surface area contributed by atoms with Gasteiger partial charge in [0.2, 0.25) is 5.13 Å². The third-order valence-corrected chi connectivity index (χ3v) is 9.01. The highest BCUT2D eigenvalue weighted by Gasteiger charge is 2.49. The van der Waals surface area contributed by atoms with Gasteiger partial charge >= 0.3 is 5.91 Å². The Morgan fingerprint density at radius 2 is 1.74 bits per heavy atom. The van der Waals surface area contributed by atoms with Crippen LogP contribution >= 0.6 is 23.1 Å².